The number of rotatable bonds is 11. The topological polar surface area (TPSA) is 0 Å². The van der Waals surface area contributed by atoms with E-state index in [2.05, 4.69) is 182 Å². The van der Waals surface area contributed by atoms with Gasteiger partial charge in [0.05, 0.1) is 0 Å². The van der Waals surface area contributed by atoms with Gasteiger partial charge in [0, 0.05) is 0 Å². The van der Waals surface area contributed by atoms with Crippen molar-refractivity contribution >= 4 is 61.1 Å². The molecule has 0 aliphatic carbocycles. The molecule has 0 aromatic heterocycles. The van der Waals surface area contributed by atoms with Gasteiger partial charge in [-0.15, -0.1) is 0 Å². The van der Waals surface area contributed by atoms with Crippen LogP contribution in [0.15, 0.2) is 182 Å². The molecule has 0 nitrogen and oxygen atoms in total. The Morgan fingerprint density at radius 1 is 0.238 bits per heavy atom. The molecule has 0 unspecified atom stereocenters. The Kier molecular flexibility index (Phi) is 9.81. The van der Waals surface area contributed by atoms with E-state index in [1.807, 2.05) is 0 Å². The van der Waals surface area contributed by atoms with Crippen LogP contribution in [0.1, 0.15) is 12.8 Å². The van der Waals surface area contributed by atoms with E-state index < -0.39 is 42.3 Å². The van der Waals surface area contributed by atoms with Crippen LogP contribution in [0.5, 0.6) is 0 Å². The summed E-state index contributed by atoms with van der Waals surface area (Å²) < 4.78 is 12.1. The Bertz CT molecular complexity index is 1310. The van der Waals surface area contributed by atoms with Crippen molar-refractivity contribution in [1.82, 2.24) is 0 Å². The molecular weight excluding hydrogens is 895 g/mol. The minimum absolute atomic E-state index is 1.24. The van der Waals surface area contributed by atoms with Gasteiger partial charge in [-0.1, -0.05) is 0 Å². The van der Waals surface area contributed by atoms with Crippen molar-refractivity contribution < 1.29 is 0 Å². The van der Waals surface area contributed by atoms with Gasteiger partial charge in [-0.05, 0) is 0 Å². The van der Waals surface area contributed by atoms with Gasteiger partial charge in [0.25, 0.3) is 0 Å². The third-order valence-electron chi connectivity index (χ3n) is 8.95. The number of hydrogen-bond acceptors (Lipinski definition) is 0. The molecule has 6 aromatic rings. The van der Waals surface area contributed by atoms with Crippen LogP contribution in [-0.2, 0) is 0 Å². The zero-order valence-corrected chi connectivity index (χ0v) is 31.9. The molecule has 0 aliphatic heterocycles. The van der Waals surface area contributed by atoms with E-state index in [1.54, 1.807) is 18.7 Å². The Morgan fingerprint density at radius 2 is 0.405 bits per heavy atom. The fraction of sp³-hybridized carbons (Fsp3) is 0.100. The van der Waals surface area contributed by atoms with E-state index in [9.17, 15) is 0 Å². The van der Waals surface area contributed by atoms with Gasteiger partial charge < -0.3 is 0 Å². The molecule has 206 valence electrons. The molecule has 2 heteroatoms. The van der Waals surface area contributed by atoms with E-state index in [0.717, 1.165) is 0 Å². The molecule has 0 radical (unpaired) electrons. The summed E-state index contributed by atoms with van der Waals surface area (Å²) in [4.78, 5) is 0. The van der Waals surface area contributed by atoms with E-state index in [-0.39, 0.29) is 0 Å². The molecule has 6 aromatic carbocycles. The maximum absolute atomic E-state index is 3.45. The normalized spacial score (nSPS) is 11.7. The fourth-order valence-corrected chi connectivity index (χ4v) is 45.3. The van der Waals surface area contributed by atoms with Gasteiger partial charge in [-0.3, -0.25) is 0 Å². The predicted octanol–water partition coefficient (Wildman–Crippen LogP) is 6.11. The minimum atomic E-state index is -3.45. The van der Waals surface area contributed by atoms with E-state index in [0.29, 0.717) is 0 Å². The van der Waals surface area contributed by atoms with Crippen LogP contribution in [0.25, 0.3) is 0 Å². The van der Waals surface area contributed by atoms with Gasteiger partial charge in [-0.2, -0.15) is 0 Å². The first-order valence-electron chi connectivity index (χ1n) is 15.2. The average molecular weight is 933 g/mol. The fourth-order valence-electron chi connectivity index (χ4n) is 6.98. The summed E-state index contributed by atoms with van der Waals surface area (Å²) in [6.07, 6.45) is 2.49. The summed E-state index contributed by atoms with van der Waals surface area (Å²) in [5, 5.41) is 0. The van der Waals surface area contributed by atoms with Crippen LogP contribution < -0.4 is 18.7 Å². The van der Waals surface area contributed by atoms with Gasteiger partial charge in [-0.25, -0.2) is 0 Å². The molecule has 0 saturated carbocycles. The van der Waals surface area contributed by atoms with E-state index in [1.165, 1.54) is 20.8 Å². The van der Waals surface area contributed by atoms with Gasteiger partial charge in [0.15, 0.2) is 0 Å². The summed E-state index contributed by atoms with van der Waals surface area (Å²) in [5.41, 5.74) is 0. The molecule has 0 heterocycles. The molecule has 0 bridgehead atoms. The van der Waals surface area contributed by atoms with Crippen LogP contribution in [0.2, 0.25) is 7.96 Å². The first-order chi connectivity index (χ1) is 20.8. The third-order valence-corrected chi connectivity index (χ3v) is 48.3. The molecular formula is C40H38Pb2. The molecule has 0 atom stereocenters. The molecule has 0 spiro atoms. The van der Waals surface area contributed by atoms with Crippen LogP contribution in [0, 0.1) is 0 Å². The van der Waals surface area contributed by atoms with Crippen LogP contribution in [0.3, 0.4) is 0 Å². The SMILES string of the molecule is c1cc[c]([Pb]([CH2]CC[CH2][Pb]([c]2ccccc2)([c]2ccccc2)[c]2ccccc2)([c]2ccccc2)[c]2ccccc2)cc1. The summed E-state index contributed by atoms with van der Waals surface area (Å²) in [5.74, 6) is 0. The Labute approximate surface area is 261 Å². The molecule has 6 rings (SSSR count). The second-order valence-corrected chi connectivity index (χ2v) is 42.6. The first-order valence-corrected chi connectivity index (χ1v) is 32.3. The van der Waals surface area contributed by atoms with E-state index >= 15 is 0 Å². The molecule has 0 N–H and O–H groups in total. The quantitative estimate of drug-likeness (QED) is 0.109. The second-order valence-electron chi connectivity index (χ2n) is 11.2. The van der Waals surface area contributed by atoms with Gasteiger partial charge in [0.2, 0.25) is 0 Å². The van der Waals surface area contributed by atoms with Crippen molar-refractivity contribution in [3.8, 4) is 0 Å². The van der Waals surface area contributed by atoms with Gasteiger partial charge >= 0.3 is 264 Å². The van der Waals surface area contributed by atoms with Crippen molar-refractivity contribution in [2.24, 2.45) is 0 Å². The Hall–Kier alpha value is -2.84. The number of benzene rings is 6. The van der Waals surface area contributed by atoms with Crippen molar-refractivity contribution in [2.45, 2.75) is 20.8 Å². The summed E-state index contributed by atoms with van der Waals surface area (Å²) >= 11 is -6.91. The number of unbranched alkanes of at least 4 members (excludes halogenated alkanes) is 1. The molecule has 0 aliphatic rings. The van der Waals surface area contributed by atoms with Crippen molar-refractivity contribution in [3.63, 3.8) is 0 Å². The molecule has 0 saturated heterocycles. The monoisotopic (exact) mass is 934 g/mol. The first kappa shape index (κ1) is 29.2. The Morgan fingerprint density at radius 3 is 0.571 bits per heavy atom. The average Bonchev–Trinajstić information content (AvgIpc) is 3.09. The Balaban J connectivity index is 1.41. The second kappa shape index (κ2) is 14.1. The zero-order chi connectivity index (χ0) is 28.5. The van der Waals surface area contributed by atoms with Gasteiger partial charge in [0.1, 0.15) is 0 Å². The van der Waals surface area contributed by atoms with Crippen molar-refractivity contribution in [1.29, 1.82) is 0 Å². The number of hydrogen-bond donors (Lipinski definition) is 0. The van der Waals surface area contributed by atoms with E-state index in [4.69, 9.17) is 0 Å². The van der Waals surface area contributed by atoms with Crippen LogP contribution in [-0.4, -0.2) is 42.3 Å². The van der Waals surface area contributed by atoms with Crippen LogP contribution >= 0.6 is 0 Å². The van der Waals surface area contributed by atoms with Crippen molar-refractivity contribution in [2.75, 3.05) is 0 Å². The molecule has 42 heavy (non-hydrogen) atoms. The summed E-state index contributed by atoms with van der Waals surface area (Å²) in [6, 6.07) is 69.0. The zero-order valence-electron chi connectivity index (χ0n) is 24.1. The standard InChI is InChI=1S/6C6H5.C4H8.2Pb/c6*1-2-4-6-5-3-1;1-3-4-2;;/h6*1-5H;1-4H2;;. The third kappa shape index (κ3) is 5.98. The molecule has 0 amide bonds. The van der Waals surface area contributed by atoms with Crippen LogP contribution in [0.4, 0.5) is 0 Å². The summed E-state index contributed by atoms with van der Waals surface area (Å²) in [6.45, 7) is 0. The maximum atomic E-state index is 2.42. The molecule has 0 fully saturated rings. The van der Waals surface area contributed by atoms with Crippen molar-refractivity contribution in [3.05, 3.63) is 182 Å². The summed E-state index contributed by atoms with van der Waals surface area (Å²) in [7, 11) is 0. The predicted molar refractivity (Wildman–Crippen MR) is 187 cm³/mol.